The van der Waals surface area contributed by atoms with Crippen molar-refractivity contribution in [3.8, 4) is 0 Å². The summed E-state index contributed by atoms with van der Waals surface area (Å²) in [4.78, 5) is 1.35. The maximum atomic E-state index is 6.40. The van der Waals surface area contributed by atoms with Gasteiger partial charge in [-0.3, -0.25) is 0 Å². The molecular formula is C14H22ClNS. The van der Waals surface area contributed by atoms with E-state index in [1.54, 1.807) is 0 Å². The van der Waals surface area contributed by atoms with Crippen molar-refractivity contribution in [1.82, 2.24) is 5.32 Å². The Hall–Kier alpha value is -0.0500. The lowest BCUT2D eigenvalue weighted by molar-refractivity contribution is 0.262. The molecule has 0 spiro atoms. The van der Waals surface area contributed by atoms with Gasteiger partial charge in [0.2, 0.25) is 0 Å². The van der Waals surface area contributed by atoms with E-state index in [2.05, 4.69) is 24.5 Å². The van der Waals surface area contributed by atoms with E-state index >= 15 is 0 Å². The fourth-order valence-corrected chi connectivity index (χ4v) is 3.76. The van der Waals surface area contributed by atoms with Crippen LogP contribution in [-0.2, 0) is 0 Å². The molecule has 96 valence electrons. The van der Waals surface area contributed by atoms with Gasteiger partial charge in [-0.25, -0.2) is 0 Å². The van der Waals surface area contributed by atoms with Crippen molar-refractivity contribution in [2.24, 2.45) is 5.92 Å². The van der Waals surface area contributed by atoms with Gasteiger partial charge in [0.05, 0.1) is 5.02 Å². The lowest BCUT2D eigenvalue weighted by atomic mass is 9.80. The first-order valence-corrected chi connectivity index (χ1v) is 7.95. The molecule has 3 heteroatoms. The molecule has 1 aromatic rings. The van der Waals surface area contributed by atoms with Crippen LogP contribution in [-0.4, -0.2) is 6.54 Å². The van der Waals surface area contributed by atoms with Crippen LogP contribution in [0.4, 0.5) is 0 Å². The molecule has 1 nitrogen and oxygen atoms in total. The van der Waals surface area contributed by atoms with Crippen molar-refractivity contribution in [2.45, 2.75) is 52.0 Å². The SMILES string of the molecule is CCCNC(CC1CCC1)c1scc(C)c1Cl. The van der Waals surface area contributed by atoms with Crippen LogP contribution in [0.25, 0.3) is 0 Å². The number of rotatable bonds is 6. The topological polar surface area (TPSA) is 12.0 Å². The summed E-state index contributed by atoms with van der Waals surface area (Å²) in [6.45, 7) is 5.40. The van der Waals surface area contributed by atoms with Crippen LogP contribution >= 0.6 is 22.9 Å². The van der Waals surface area contributed by atoms with E-state index in [0.29, 0.717) is 6.04 Å². The second-order valence-electron chi connectivity index (χ2n) is 5.14. The Morgan fingerprint density at radius 1 is 1.53 bits per heavy atom. The van der Waals surface area contributed by atoms with Crippen LogP contribution < -0.4 is 5.32 Å². The Labute approximate surface area is 114 Å². The monoisotopic (exact) mass is 271 g/mol. The predicted molar refractivity (Wildman–Crippen MR) is 77.1 cm³/mol. The Morgan fingerprint density at radius 2 is 2.29 bits per heavy atom. The molecule has 0 aliphatic heterocycles. The smallest absolute Gasteiger partial charge is 0.0590 e. The van der Waals surface area contributed by atoms with E-state index < -0.39 is 0 Å². The van der Waals surface area contributed by atoms with Crippen molar-refractivity contribution < 1.29 is 0 Å². The van der Waals surface area contributed by atoms with Crippen molar-refractivity contribution in [1.29, 1.82) is 0 Å². The summed E-state index contributed by atoms with van der Waals surface area (Å²) in [7, 11) is 0. The van der Waals surface area contributed by atoms with Gasteiger partial charge < -0.3 is 5.32 Å². The zero-order chi connectivity index (χ0) is 12.3. The third-order valence-electron chi connectivity index (χ3n) is 3.68. The van der Waals surface area contributed by atoms with E-state index in [0.717, 1.165) is 17.5 Å². The Bertz CT molecular complexity index is 357. The van der Waals surface area contributed by atoms with Crippen molar-refractivity contribution in [2.75, 3.05) is 6.54 Å². The normalized spacial score (nSPS) is 18.1. The quantitative estimate of drug-likeness (QED) is 0.773. The number of thiophene rings is 1. The largest absolute Gasteiger partial charge is 0.309 e. The molecule has 2 rings (SSSR count). The van der Waals surface area contributed by atoms with E-state index in [9.17, 15) is 0 Å². The highest BCUT2D eigenvalue weighted by Gasteiger charge is 2.25. The molecule has 0 aromatic carbocycles. The summed E-state index contributed by atoms with van der Waals surface area (Å²) in [6, 6.07) is 0.478. The van der Waals surface area contributed by atoms with E-state index in [4.69, 9.17) is 11.6 Å². The van der Waals surface area contributed by atoms with Crippen LogP contribution in [0.3, 0.4) is 0 Å². The van der Waals surface area contributed by atoms with Gasteiger partial charge in [-0.1, -0.05) is 37.8 Å². The molecule has 1 aliphatic carbocycles. The standard InChI is InChI=1S/C14H22ClNS/c1-3-7-16-12(8-11-5-4-6-11)14-13(15)10(2)9-17-14/h9,11-12,16H,3-8H2,1-2H3. The highest BCUT2D eigenvalue weighted by Crippen LogP contribution is 2.39. The fraction of sp³-hybridized carbons (Fsp3) is 0.714. The van der Waals surface area contributed by atoms with Gasteiger partial charge in [-0.15, -0.1) is 11.3 Å². The van der Waals surface area contributed by atoms with Crippen LogP contribution in [0.1, 0.15) is 55.5 Å². The van der Waals surface area contributed by atoms with E-state index in [1.165, 1.54) is 42.5 Å². The Morgan fingerprint density at radius 3 is 2.76 bits per heavy atom. The minimum atomic E-state index is 0.478. The summed E-state index contributed by atoms with van der Waals surface area (Å²) >= 11 is 8.21. The first-order valence-electron chi connectivity index (χ1n) is 6.69. The molecule has 0 bridgehead atoms. The summed E-state index contributed by atoms with van der Waals surface area (Å²) < 4.78 is 0. The number of aryl methyl sites for hydroxylation is 1. The minimum absolute atomic E-state index is 0.478. The molecule has 1 atom stereocenters. The fourth-order valence-electron chi connectivity index (χ4n) is 2.35. The number of hydrogen-bond acceptors (Lipinski definition) is 2. The second kappa shape index (κ2) is 6.21. The van der Waals surface area contributed by atoms with Gasteiger partial charge in [0.15, 0.2) is 0 Å². The zero-order valence-corrected chi connectivity index (χ0v) is 12.3. The second-order valence-corrected chi connectivity index (χ2v) is 6.43. The minimum Gasteiger partial charge on any atom is -0.309 e. The number of nitrogens with one attached hydrogen (secondary N) is 1. The molecule has 1 unspecified atom stereocenters. The Balaban J connectivity index is 2.04. The average Bonchev–Trinajstić information content (AvgIpc) is 2.58. The first kappa shape index (κ1) is 13.4. The summed E-state index contributed by atoms with van der Waals surface area (Å²) in [6.07, 6.45) is 6.68. The molecule has 1 heterocycles. The summed E-state index contributed by atoms with van der Waals surface area (Å²) in [5.74, 6) is 0.919. The average molecular weight is 272 g/mol. The van der Waals surface area contributed by atoms with Crippen molar-refractivity contribution in [3.05, 3.63) is 20.8 Å². The van der Waals surface area contributed by atoms with Crippen LogP contribution in [0.15, 0.2) is 5.38 Å². The third-order valence-corrected chi connectivity index (χ3v) is 5.50. The first-order chi connectivity index (χ1) is 8.22. The maximum Gasteiger partial charge on any atom is 0.0590 e. The number of hydrogen-bond donors (Lipinski definition) is 1. The summed E-state index contributed by atoms with van der Waals surface area (Å²) in [5.41, 5.74) is 1.23. The van der Waals surface area contributed by atoms with Gasteiger partial charge in [-0.05, 0) is 43.2 Å². The molecule has 1 aromatic heterocycles. The molecule has 1 saturated carbocycles. The van der Waals surface area contributed by atoms with Crippen LogP contribution in [0.5, 0.6) is 0 Å². The highest BCUT2D eigenvalue weighted by molar-refractivity contribution is 7.10. The lowest BCUT2D eigenvalue weighted by Gasteiger charge is -2.30. The summed E-state index contributed by atoms with van der Waals surface area (Å²) in [5, 5.41) is 6.83. The Kier molecular flexibility index (Phi) is 4.89. The maximum absolute atomic E-state index is 6.40. The van der Waals surface area contributed by atoms with Gasteiger partial charge in [-0.2, -0.15) is 0 Å². The van der Waals surface area contributed by atoms with Gasteiger partial charge in [0.25, 0.3) is 0 Å². The molecule has 1 fully saturated rings. The molecule has 0 amide bonds. The van der Waals surface area contributed by atoms with E-state index in [-0.39, 0.29) is 0 Å². The van der Waals surface area contributed by atoms with Gasteiger partial charge in [0.1, 0.15) is 0 Å². The molecular weight excluding hydrogens is 250 g/mol. The van der Waals surface area contributed by atoms with Gasteiger partial charge in [0, 0.05) is 10.9 Å². The highest BCUT2D eigenvalue weighted by atomic mass is 35.5. The molecule has 0 radical (unpaired) electrons. The van der Waals surface area contributed by atoms with Crippen LogP contribution in [0, 0.1) is 12.8 Å². The zero-order valence-electron chi connectivity index (χ0n) is 10.8. The molecule has 1 aliphatic rings. The lowest BCUT2D eigenvalue weighted by Crippen LogP contribution is -2.26. The van der Waals surface area contributed by atoms with Gasteiger partial charge >= 0.3 is 0 Å². The van der Waals surface area contributed by atoms with Crippen LogP contribution in [0.2, 0.25) is 5.02 Å². The van der Waals surface area contributed by atoms with Crippen molar-refractivity contribution >= 4 is 22.9 Å². The van der Waals surface area contributed by atoms with Crippen molar-refractivity contribution in [3.63, 3.8) is 0 Å². The third kappa shape index (κ3) is 3.24. The molecule has 1 N–H and O–H groups in total. The predicted octanol–water partition coefficient (Wildman–Crippen LogP) is 4.94. The molecule has 0 saturated heterocycles. The number of halogens is 1. The molecule has 17 heavy (non-hydrogen) atoms. The van der Waals surface area contributed by atoms with E-state index in [1.807, 2.05) is 11.3 Å².